The number of rotatable bonds is 3. The largest absolute Gasteiger partial charge is 0.467 e. The van der Waals surface area contributed by atoms with Crippen molar-refractivity contribution in [1.82, 2.24) is 10.2 Å². The zero-order valence-electron chi connectivity index (χ0n) is 13.7. The van der Waals surface area contributed by atoms with Gasteiger partial charge in [-0.05, 0) is 17.7 Å². The maximum atomic E-state index is 14.0. The van der Waals surface area contributed by atoms with E-state index in [0.29, 0.717) is 37.6 Å². The number of amides is 1. The molecular formula is C19H19FN2O3. The molecule has 1 N–H and O–H groups in total. The molecule has 130 valence electrons. The van der Waals surface area contributed by atoms with Crippen LogP contribution in [0.2, 0.25) is 0 Å². The second kappa shape index (κ2) is 6.82. The van der Waals surface area contributed by atoms with E-state index in [1.54, 1.807) is 0 Å². The molecule has 5 nitrogen and oxygen atoms in total. The number of benzene rings is 2. The monoisotopic (exact) mass is 342 g/mol. The fraction of sp³-hybridized carbons (Fsp3) is 0.316. The molecule has 1 saturated heterocycles. The third-order valence-corrected chi connectivity index (χ3v) is 4.55. The summed E-state index contributed by atoms with van der Waals surface area (Å²) in [6.45, 7) is 2.20. The van der Waals surface area contributed by atoms with Gasteiger partial charge in [0, 0.05) is 30.8 Å². The van der Waals surface area contributed by atoms with Crippen LogP contribution in [0.3, 0.4) is 0 Å². The van der Waals surface area contributed by atoms with Crippen LogP contribution in [0.4, 0.5) is 4.39 Å². The number of nitrogens with one attached hydrogen (secondary N) is 1. The number of piperazine rings is 1. The molecule has 2 heterocycles. The van der Waals surface area contributed by atoms with Gasteiger partial charge in [-0.3, -0.25) is 9.69 Å². The average Bonchev–Trinajstić information content (AvgIpc) is 2.62. The average molecular weight is 342 g/mol. The highest BCUT2D eigenvalue weighted by molar-refractivity contribution is 5.83. The summed E-state index contributed by atoms with van der Waals surface area (Å²) >= 11 is 0. The number of hydrogen-bond acceptors (Lipinski definition) is 4. The summed E-state index contributed by atoms with van der Waals surface area (Å²) in [4.78, 5) is 14.5. The highest BCUT2D eigenvalue weighted by Gasteiger charge is 2.32. The van der Waals surface area contributed by atoms with Gasteiger partial charge in [0.2, 0.25) is 5.91 Å². The summed E-state index contributed by atoms with van der Waals surface area (Å²) < 4.78 is 24.8. The van der Waals surface area contributed by atoms with Crippen molar-refractivity contribution in [1.29, 1.82) is 0 Å². The number of carbonyl (C=O) groups is 1. The summed E-state index contributed by atoms with van der Waals surface area (Å²) in [5, 5.41) is 2.91. The van der Waals surface area contributed by atoms with E-state index in [2.05, 4.69) is 10.2 Å². The maximum absolute atomic E-state index is 14.0. The smallest absolute Gasteiger partial charge is 0.242 e. The van der Waals surface area contributed by atoms with Gasteiger partial charge in [-0.15, -0.1) is 0 Å². The first-order chi connectivity index (χ1) is 12.2. The van der Waals surface area contributed by atoms with Crippen LogP contribution >= 0.6 is 0 Å². The third-order valence-electron chi connectivity index (χ3n) is 4.55. The molecule has 1 atom stereocenters. The minimum absolute atomic E-state index is 0.0352. The van der Waals surface area contributed by atoms with E-state index >= 15 is 0 Å². The lowest BCUT2D eigenvalue weighted by atomic mass is 10.0. The van der Waals surface area contributed by atoms with Crippen LogP contribution in [-0.2, 0) is 22.7 Å². The SMILES string of the molecule is O=C1NCCN(Cc2cc(F)cc3c2OCOC3)[C@@H]1c1ccccc1. The second-order valence-corrected chi connectivity index (χ2v) is 6.24. The van der Waals surface area contributed by atoms with E-state index in [1.165, 1.54) is 12.1 Å². The lowest BCUT2D eigenvalue weighted by Crippen LogP contribution is -2.49. The number of halogens is 1. The Hall–Kier alpha value is -2.44. The van der Waals surface area contributed by atoms with Crippen molar-refractivity contribution >= 4 is 5.91 Å². The van der Waals surface area contributed by atoms with E-state index in [4.69, 9.17) is 9.47 Å². The second-order valence-electron chi connectivity index (χ2n) is 6.24. The molecule has 1 amide bonds. The fourth-order valence-corrected chi connectivity index (χ4v) is 3.48. The van der Waals surface area contributed by atoms with Crippen molar-refractivity contribution < 1.29 is 18.7 Å². The minimum Gasteiger partial charge on any atom is -0.467 e. The molecule has 6 heteroatoms. The molecule has 1 fully saturated rings. The van der Waals surface area contributed by atoms with Crippen molar-refractivity contribution in [2.45, 2.75) is 19.2 Å². The Labute approximate surface area is 145 Å². The zero-order chi connectivity index (χ0) is 17.2. The Morgan fingerprint density at radius 3 is 2.92 bits per heavy atom. The molecule has 0 bridgehead atoms. The third kappa shape index (κ3) is 3.23. The molecule has 0 aromatic heterocycles. The highest BCUT2D eigenvalue weighted by atomic mass is 19.1. The normalized spacial score (nSPS) is 20.5. The van der Waals surface area contributed by atoms with Gasteiger partial charge in [0.1, 0.15) is 17.6 Å². The number of fused-ring (bicyclic) bond motifs is 1. The van der Waals surface area contributed by atoms with Crippen LogP contribution in [0.5, 0.6) is 5.75 Å². The van der Waals surface area contributed by atoms with Gasteiger partial charge in [-0.25, -0.2) is 4.39 Å². The van der Waals surface area contributed by atoms with Gasteiger partial charge in [-0.1, -0.05) is 30.3 Å². The number of ether oxygens (including phenoxy) is 2. The van der Waals surface area contributed by atoms with Gasteiger partial charge in [0.25, 0.3) is 0 Å². The molecule has 0 aliphatic carbocycles. The van der Waals surface area contributed by atoms with Crippen molar-refractivity contribution in [3.05, 3.63) is 65.0 Å². The van der Waals surface area contributed by atoms with E-state index in [1.807, 2.05) is 30.3 Å². The molecule has 0 unspecified atom stereocenters. The van der Waals surface area contributed by atoms with Gasteiger partial charge in [0.15, 0.2) is 6.79 Å². The van der Waals surface area contributed by atoms with Gasteiger partial charge in [-0.2, -0.15) is 0 Å². The zero-order valence-corrected chi connectivity index (χ0v) is 13.7. The lowest BCUT2D eigenvalue weighted by molar-refractivity contribution is -0.129. The quantitative estimate of drug-likeness (QED) is 0.930. The Morgan fingerprint density at radius 1 is 1.24 bits per heavy atom. The summed E-state index contributed by atoms with van der Waals surface area (Å²) in [6, 6.07) is 12.2. The van der Waals surface area contributed by atoms with E-state index < -0.39 is 6.04 Å². The van der Waals surface area contributed by atoms with Crippen molar-refractivity contribution in [2.24, 2.45) is 0 Å². The Bertz CT molecular complexity index is 782. The molecule has 2 aliphatic heterocycles. The molecule has 2 aromatic rings. The fourth-order valence-electron chi connectivity index (χ4n) is 3.48. The lowest BCUT2D eigenvalue weighted by Gasteiger charge is -2.36. The molecule has 0 saturated carbocycles. The minimum atomic E-state index is -0.395. The standard InChI is InChI=1S/C19H19FN2O3/c20-16-8-14(18-15(9-16)11-24-12-25-18)10-22-7-6-21-19(23)17(22)13-4-2-1-3-5-13/h1-5,8-9,17H,6-7,10-12H2,(H,21,23)/t17-/m1/s1. The Morgan fingerprint density at radius 2 is 2.08 bits per heavy atom. The molecule has 4 rings (SSSR count). The summed E-state index contributed by atoms with van der Waals surface area (Å²) in [5.74, 6) is 0.318. The molecule has 2 aliphatic rings. The van der Waals surface area contributed by atoms with E-state index in [0.717, 1.165) is 11.1 Å². The van der Waals surface area contributed by atoms with Gasteiger partial charge in [0.05, 0.1) is 6.61 Å². The van der Waals surface area contributed by atoms with E-state index in [9.17, 15) is 9.18 Å². The summed E-state index contributed by atoms with van der Waals surface area (Å²) in [5.41, 5.74) is 2.38. The Balaban J connectivity index is 1.67. The van der Waals surface area contributed by atoms with E-state index in [-0.39, 0.29) is 18.5 Å². The molecule has 2 aromatic carbocycles. The number of nitrogens with zero attached hydrogens (tertiary/aromatic N) is 1. The van der Waals surface area contributed by atoms with Crippen LogP contribution in [0.25, 0.3) is 0 Å². The topological polar surface area (TPSA) is 50.8 Å². The number of carbonyl (C=O) groups excluding carboxylic acids is 1. The first-order valence-corrected chi connectivity index (χ1v) is 8.31. The van der Waals surface area contributed by atoms with Gasteiger partial charge < -0.3 is 14.8 Å². The highest BCUT2D eigenvalue weighted by Crippen LogP contribution is 2.33. The predicted molar refractivity (Wildman–Crippen MR) is 89.3 cm³/mol. The number of hydrogen-bond donors (Lipinski definition) is 1. The van der Waals surface area contributed by atoms with Crippen molar-refractivity contribution in [3.63, 3.8) is 0 Å². The van der Waals surface area contributed by atoms with Gasteiger partial charge >= 0.3 is 0 Å². The summed E-state index contributed by atoms with van der Waals surface area (Å²) in [6.07, 6.45) is 0. The Kier molecular flexibility index (Phi) is 4.38. The molecule has 25 heavy (non-hydrogen) atoms. The summed E-state index contributed by atoms with van der Waals surface area (Å²) in [7, 11) is 0. The molecule has 0 radical (unpaired) electrons. The van der Waals surface area contributed by atoms with Crippen LogP contribution in [0, 0.1) is 5.82 Å². The van der Waals surface area contributed by atoms with Crippen molar-refractivity contribution in [2.75, 3.05) is 19.9 Å². The first-order valence-electron chi connectivity index (χ1n) is 8.31. The molecular weight excluding hydrogens is 323 g/mol. The van der Waals surface area contributed by atoms with Crippen LogP contribution < -0.4 is 10.1 Å². The predicted octanol–water partition coefficient (Wildman–Crippen LogP) is 2.37. The van der Waals surface area contributed by atoms with Crippen LogP contribution in [0.15, 0.2) is 42.5 Å². The van der Waals surface area contributed by atoms with Crippen molar-refractivity contribution in [3.8, 4) is 5.75 Å². The van der Waals surface area contributed by atoms with Crippen LogP contribution in [-0.4, -0.2) is 30.7 Å². The van der Waals surface area contributed by atoms with Crippen LogP contribution in [0.1, 0.15) is 22.7 Å². The molecule has 0 spiro atoms. The maximum Gasteiger partial charge on any atom is 0.242 e. The first kappa shape index (κ1) is 16.1.